The molecule has 0 aliphatic heterocycles. The van der Waals surface area contributed by atoms with E-state index in [1.54, 1.807) is 31.2 Å². The van der Waals surface area contributed by atoms with Gasteiger partial charge in [-0.3, -0.25) is 9.52 Å². The summed E-state index contributed by atoms with van der Waals surface area (Å²) in [6.07, 6.45) is 0. The monoisotopic (exact) mass is 428 g/mol. The molecular weight excluding hydrogens is 407 g/mol. The van der Waals surface area contributed by atoms with Crippen molar-refractivity contribution >= 4 is 27.3 Å². The molecule has 0 unspecified atom stereocenters. The summed E-state index contributed by atoms with van der Waals surface area (Å²) in [7, 11) is -3.88. The van der Waals surface area contributed by atoms with Crippen LogP contribution in [0.25, 0.3) is 0 Å². The van der Waals surface area contributed by atoms with Gasteiger partial charge in [0.05, 0.1) is 11.5 Å². The first-order chi connectivity index (χ1) is 14.3. The molecule has 0 heterocycles. The molecule has 0 spiro atoms. The number of benzene rings is 3. The second-order valence-corrected chi connectivity index (χ2v) is 8.21. The van der Waals surface area contributed by atoms with Crippen LogP contribution in [-0.4, -0.2) is 20.9 Å². The zero-order valence-electron chi connectivity index (χ0n) is 16.5. The number of hydrogen-bond acceptors (Lipinski definition) is 4. The highest BCUT2D eigenvalue weighted by Gasteiger charge is 2.17. The molecule has 6 nitrogen and oxygen atoms in total. The maximum Gasteiger partial charge on any atom is 0.261 e. The molecule has 0 saturated carbocycles. The van der Waals surface area contributed by atoms with Crippen molar-refractivity contribution in [3.05, 3.63) is 83.7 Å². The summed E-state index contributed by atoms with van der Waals surface area (Å²) < 4.78 is 46.9. The van der Waals surface area contributed by atoms with E-state index in [0.717, 1.165) is 11.6 Å². The van der Waals surface area contributed by atoms with Crippen molar-refractivity contribution in [3.8, 4) is 5.75 Å². The molecule has 3 aromatic rings. The number of halogens is 1. The Morgan fingerprint density at radius 2 is 1.70 bits per heavy atom. The molecule has 0 aliphatic carbocycles. The number of carbonyl (C=O) groups excluding carboxylic acids is 1. The molecule has 156 valence electrons. The average Bonchev–Trinajstić information content (AvgIpc) is 2.72. The predicted molar refractivity (Wildman–Crippen MR) is 114 cm³/mol. The van der Waals surface area contributed by atoms with Gasteiger partial charge in [-0.05, 0) is 56.3 Å². The van der Waals surface area contributed by atoms with Gasteiger partial charge < -0.3 is 10.1 Å². The van der Waals surface area contributed by atoms with E-state index in [0.29, 0.717) is 12.3 Å². The molecule has 0 saturated heterocycles. The van der Waals surface area contributed by atoms with E-state index in [4.69, 9.17) is 4.74 Å². The van der Waals surface area contributed by atoms with Gasteiger partial charge in [0.15, 0.2) is 11.6 Å². The Morgan fingerprint density at radius 3 is 2.37 bits per heavy atom. The second-order valence-electron chi connectivity index (χ2n) is 6.53. The van der Waals surface area contributed by atoms with E-state index in [9.17, 15) is 17.6 Å². The Hall–Kier alpha value is -3.39. The number of nitrogens with one attached hydrogen (secondary N) is 2. The number of sulfonamides is 1. The maximum absolute atomic E-state index is 14.0. The van der Waals surface area contributed by atoms with Gasteiger partial charge in [-0.2, -0.15) is 0 Å². The Balaban J connectivity index is 1.78. The molecule has 1 amide bonds. The Morgan fingerprint density at radius 1 is 1.00 bits per heavy atom. The SMILES string of the molecule is CCOc1ccc(NC(=O)c2cccc(S(=O)(=O)Nc3ccc(C)cc3)c2)cc1F. The molecule has 2 N–H and O–H groups in total. The minimum absolute atomic E-state index is 0.0615. The molecular formula is C22H21FN2O4S. The fourth-order valence-corrected chi connectivity index (χ4v) is 3.80. The van der Waals surface area contributed by atoms with Crippen molar-refractivity contribution in [1.29, 1.82) is 0 Å². The van der Waals surface area contributed by atoms with E-state index < -0.39 is 21.7 Å². The summed E-state index contributed by atoms with van der Waals surface area (Å²) in [5.41, 5.74) is 1.77. The summed E-state index contributed by atoms with van der Waals surface area (Å²) in [5, 5.41) is 2.55. The lowest BCUT2D eigenvalue weighted by molar-refractivity contribution is 0.102. The average molecular weight is 428 g/mol. The molecule has 0 radical (unpaired) electrons. The van der Waals surface area contributed by atoms with E-state index in [-0.39, 0.29) is 21.9 Å². The predicted octanol–water partition coefficient (Wildman–Crippen LogP) is 4.59. The molecule has 8 heteroatoms. The van der Waals surface area contributed by atoms with Crippen LogP contribution in [0.15, 0.2) is 71.6 Å². The minimum atomic E-state index is -3.88. The zero-order valence-corrected chi connectivity index (χ0v) is 17.3. The Labute approximate surface area is 174 Å². The van der Waals surface area contributed by atoms with Gasteiger partial charge in [0, 0.05) is 23.0 Å². The van der Waals surface area contributed by atoms with Crippen molar-refractivity contribution in [1.82, 2.24) is 0 Å². The molecule has 30 heavy (non-hydrogen) atoms. The first kappa shape index (κ1) is 21.3. The molecule has 0 aliphatic rings. The molecule has 0 aromatic heterocycles. The Bertz CT molecular complexity index is 1160. The lowest BCUT2D eigenvalue weighted by atomic mass is 10.2. The number of rotatable bonds is 7. The lowest BCUT2D eigenvalue weighted by Gasteiger charge is -2.11. The normalized spacial score (nSPS) is 11.0. The van der Waals surface area contributed by atoms with Crippen LogP contribution < -0.4 is 14.8 Å². The van der Waals surface area contributed by atoms with Crippen LogP contribution >= 0.6 is 0 Å². The van der Waals surface area contributed by atoms with Gasteiger partial charge >= 0.3 is 0 Å². The van der Waals surface area contributed by atoms with Crippen molar-refractivity contribution in [2.24, 2.45) is 0 Å². The summed E-state index contributed by atoms with van der Waals surface area (Å²) in [6, 6.07) is 16.6. The van der Waals surface area contributed by atoms with Gasteiger partial charge in [-0.1, -0.05) is 23.8 Å². The van der Waals surface area contributed by atoms with Crippen LogP contribution in [0.5, 0.6) is 5.75 Å². The highest BCUT2D eigenvalue weighted by Crippen LogP contribution is 2.22. The lowest BCUT2D eigenvalue weighted by Crippen LogP contribution is -2.16. The number of ether oxygens (including phenoxy) is 1. The zero-order chi connectivity index (χ0) is 21.7. The standard InChI is InChI=1S/C22H21FN2O4S/c1-3-29-21-12-11-18(14-20(21)23)24-22(26)16-5-4-6-19(13-16)30(27,28)25-17-9-7-15(2)8-10-17/h4-14,25H,3H2,1-2H3,(H,24,26). The van der Waals surface area contributed by atoms with Gasteiger partial charge in [-0.15, -0.1) is 0 Å². The van der Waals surface area contributed by atoms with E-state index in [2.05, 4.69) is 10.0 Å². The summed E-state index contributed by atoms with van der Waals surface area (Å²) in [4.78, 5) is 12.5. The van der Waals surface area contributed by atoms with Crippen LogP contribution in [0, 0.1) is 12.7 Å². The van der Waals surface area contributed by atoms with Crippen molar-refractivity contribution in [3.63, 3.8) is 0 Å². The fraction of sp³-hybridized carbons (Fsp3) is 0.136. The van der Waals surface area contributed by atoms with Crippen LogP contribution in [-0.2, 0) is 10.0 Å². The van der Waals surface area contributed by atoms with Gasteiger partial charge in [-0.25, -0.2) is 12.8 Å². The summed E-state index contributed by atoms with van der Waals surface area (Å²) in [5.74, 6) is -1.08. The smallest absolute Gasteiger partial charge is 0.261 e. The highest BCUT2D eigenvalue weighted by molar-refractivity contribution is 7.92. The van der Waals surface area contributed by atoms with E-state index >= 15 is 0 Å². The topological polar surface area (TPSA) is 84.5 Å². The van der Waals surface area contributed by atoms with Gasteiger partial charge in [0.25, 0.3) is 15.9 Å². The fourth-order valence-electron chi connectivity index (χ4n) is 2.69. The first-order valence-corrected chi connectivity index (χ1v) is 10.7. The van der Waals surface area contributed by atoms with Gasteiger partial charge in [0.1, 0.15) is 0 Å². The molecule has 3 aromatic carbocycles. The third kappa shape index (κ3) is 5.15. The molecule has 0 atom stereocenters. The molecule has 0 fully saturated rings. The van der Waals surface area contributed by atoms with Crippen LogP contribution in [0.1, 0.15) is 22.8 Å². The number of anilines is 2. The third-order valence-corrected chi connectivity index (χ3v) is 5.58. The number of amides is 1. The van der Waals surface area contributed by atoms with E-state index in [1.807, 2.05) is 6.92 Å². The highest BCUT2D eigenvalue weighted by atomic mass is 32.2. The molecule has 0 bridgehead atoms. The molecule has 3 rings (SSSR count). The number of aryl methyl sites for hydroxylation is 1. The Kier molecular flexibility index (Phi) is 6.37. The van der Waals surface area contributed by atoms with Crippen LogP contribution in [0.4, 0.5) is 15.8 Å². The van der Waals surface area contributed by atoms with Crippen LogP contribution in [0.2, 0.25) is 0 Å². The van der Waals surface area contributed by atoms with Crippen molar-refractivity contribution < 1.29 is 22.3 Å². The van der Waals surface area contributed by atoms with Gasteiger partial charge in [0.2, 0.25) is 0 Å². The first-order valence-electron chi connectivity index (χ1n) is 9.22. The van der Waals surface area contributed by atoms with E-state index in [1.165, 1.54) is 36.4 Å². The van der Waals surface area contributed by atoms with Crippen molar-refractivity contribution in [2.75, 3.05) is 16.6 Å². The van der Waals surface area contributed by atoms with Crippen molar-refractivity contribution in [2.45, 2.75) is 18.7 Å². The largest absolute Gasteiger partial charge is 0.491 e. The number of carbonyl (C=O) groups is 1. The van der Waals surface area contributed by atoms with Crippen LogP contribution in [0.3, 0.4) is 0 Å². The number of hydrogen-bond donors (Lipinski definition) is 2. The third-order valence-electron chi connectivity index (χ3n) is 4.20. The second kappa shape index (κ2) is 8.96. The minimum Gasteiger partial charge on any atom is -0.491 e. The quantitative estimate of drug-likeness (QED) is 0.577. The summed E-state index contributed by atoms with van der Waals surface area (Å²) >= 11 is 0. The summed E-state index contributed by atoms with van der Waals surface area (Å²) in [6.45, 7) is 3.96. The maximum atomic E-state index is 14.0.